The van der Waals surface area contributed by atoms with E-state index < -0.39 is 0 Å². The van der Waals surface area contributed by atoms with Gasteiger partial charge in [-0.2, -0.15) is 0 Å². The summed E-state index contributed by atoms with van der Waals surface area (Å²) in [4.78, 5) is 13.6. The Morgan fingerprint density at radius 1 is 1.35 bits per heavy atom. The van der Waals surface area contributed by atoms with Gasteiger partial charge >= 0.3 is 0 Å². The van der Waals surface area contributed by atoms with Crippen molar-refractivity contribution in [2.45, 2.75) is 26.3 Å². The molecule has 0 radical (unpaired) electrons. The molecule has 1 saturated heterocycles. The lowest BCUT2D eigenvalue weighted by molar-refractivity contribution is 0.312. The second-order valence-electron chi connectivity index (χ2n) is 5.79. The quantitative estimate of drug-likeness (QED) is 0.310. The molecule has 23 heavy (non-hydrogen) atoms. The number of rotatable bonds is 6. The molecule has 1 aliphatic rings. The number of hydrogen-bond donors (Lipinski definition) is 2. The maximum absolute atomic E-state index is 5.87. The van der Waals surface area contributed by atoms with Crippen LogP contribution in [0.25, 0.3) is 0 Å². The van der Waals surface area contributed by atoms with Crippen LogP contribution in [0, 0.1) is 0 Å². The van der Waals surface area contributed by atoms with Gasteiger partial charge in [-0.05, 0) is 31.2 Å². The molecule has 1 aromatic heterocycles. The lowest BCUT2D eigenvalue weighted by Gasteiger charge is -2.33. The van der Waals surface area contributed by atoms with Gasteiger partial charge in [0, 0.05) is 38.9 Å². The summed E-state index contributed by atoms with van der Waals surface area (Å²) < 4.78 is 0. The Morgan fingerprint density at radius 3 is 2.78 bits per heavy atom. The number of piperazine rings is 1. The first-order valence-electron chi connectivity index (χ1n) is 8.11. The van der Waals surface area contributed by atoms with Crippen molar-refractivity contribution >= 4 is 35.8 Å². The number of aromatic nitrogens is 1. The molecule has 0 unspecified atom stereocenters. The molecule has 2 rings (SSSR count). The van der Waals surface area contributed by atoms with E-state index in [2.05, 4.69) is 45.1 Å². The van der Waals surface area contributed by atoms with E-state index in [9.17, 15) is 0 Å². The summed E-state index contributed by atoms with van der Waals surface area (Å²) in [6.45, 7) is 7.85. The predicted molar refractivity (Wildman–Crippen MR) is 108 cm³/mol. The fourth-order valence-corrected chi connectivity index (χ4v) is 2.39. The van der Waals surface area contributed by atoms with E-state index in [4.69, 9.17) is 5.73 Å². The smallest absolute Gasteiger partial charge is 0.188 e. The van der Waals surface area contributed by atoms with Crippen molar-refractivity contribution in [3.8, 4) is 0 Å². The van der Waals surface area contributed by atoms with Gasteiger partial charge in [-0.3, -0.25) is 0 Å². The lowest BCUT2D eigenvalue weighted by atomic mass is 10.2. The van der Waals surface area contributed by atoms with Gasteiger partial charge in [0.05, 0.1) is 6.54 Å². The minimum Gasteiger partial charge on any atom is -0.370 e. The first-order valence-corrected chi connectivity index (χ1v) is 8.11. The van der Waals surface area contributed by atoms with Gasteiger partial charge in [-0.1, -0.05) is 13.3 Å². The highest BCUT2D eigenvalue weighted by molar-refractivity contribution is 14.0. The molecule has 3 N–H and O–H groups in total. The van der Waals surface area contributed by atoms with Gasteiger partial charge in [-0.15, -0.1) is 24.0 Å². The number of guanidine groups is 1. The van der Waals surface area contributed by atoms with E-state index in [0.717, 1.165) is 56.9 Å². The van der Waals surface area contributed by atoms with Gasteiger partial charge in [0.2, 0.25) is 0 Å². The van der Waals surface area contributed by atoms with E-state index in [-0.39, 0.29) is 24.0 Å². The van der Waals surface area contributed by atoms with Crippen LogP contribution in [-0.4, -0.2) is 55.6 Å². The van der Waals surface area contributed by atoms with Crippen molar-refractivity contribution in [3.05, 3.63) is 23.9 Å². The number of nitrogens with zero attached hydrogens (tertiary/aromatic N) is 4. The third-order valence-electron chi connectivity index (χ3n) is 3.91. The number of anilines is 1. The molecule has 6 nitrogen and oxygen atoms in total. The van der Waals surface area contributed by atoms with Crippen LogP contribution in [0.4, 0.5) is 5.82 Å². The Hall–Kier alpha value is -1.09. The maximum atomic E-state index is 5.87. The van der Waals surface area contributed by atoms with Crippen LogP contribution in [0.5, 0.6) is 0 Å². The minimum absolute atomic E-state index is 0. The molecule has 1 fully saturated rings. The molecule has 2 heterocycles. The zero-order chi connectivity index (χ0) is 15.8. The van der Waals surface area contributed by atoms with E-state index in [1.165, 1.54) is 0 Å². The van der Waals surface area contributed by atoms with Crippen molar-refractivity contribution in [1.29, 1.82) is 0 Å². The maximum Gasteiger partial charge on any atom is 0.188 e. The minimum atomic E-state index is 0. The molecular weight excluding hydrogens is 403 g/mol. The number of unbranched alkanes of at least 4 members (excludes halogenated alkanes) is 1. The van der Waals surface area contributed by atoms with Gasteiger partial charge in [0.25, 0.3) is 0 Å². The van der Waals surface area contributed by atoms with E-state index in [1.807, 2.05) is 12.3 Å². The number of nitrogens with two attached hydrogens (primary N) is 1. The predicted octanol–water partition coefficient (Wildman–Crippen LogP) is 1.66. The highest BCUT2D eigenvalue weighted by Crippen LogP contribution is 2.15. The van der Waals surface area contributed by atoms with Crippen LogP contribution < -0.4 is 16.0 Å². The van der Waals surface area contributed by atoms with Gasteiger partial charge in [0.1, 0.15) is 5.82 Å². The van der Waals surface area contributed by atoms with Crippen molar-refractivity contribution < 1.29 is 0 Å². The molecule has 0 atom stereocenters. The number of nitrogens with one attached hydrogen (secondary N) is 1. The van der Waals surface area contributed by atoms with Crippen molar-refractivity contribution in [3.63, 3.8) is 0 Å². The van der Waals surface area contributed by atoms with Crippen molar-refractivity contribution in [2.24, 2.45) is 10.7 Å². The lowest BCUT2D eigenvalue weighted by Crippen LogP contribution is -2.44. The van der Waals surface area contributed by atoms with Crippen molar-refractivity contribution in [2.75, 3.05) is 44.7 Å². The number of halogens is 1. The van der Waals surface area contributed by atoms with Gasteiger partial charge < -0.3 is 20.9 Å². The molecule has 0 aromatic carbocycles. The summed E-state index contributed by atoms with van der Waals surface area (Å²) in [6, 6.07) is 4.12. The average Bonchev–Trinajstić information content (AvgIpc) is 2.54. The van der Waals surface area contributed by atoms with Crippen LogP contribution in [0.15, 0.2) is 23.3 Å². The number of aliphatic imine (C=N–C) groups is 1. The molecule has 0 saturated carbocycles. The second kappa shape index (κ2) is 10.6. The molecule has 0 amide bonds. The van der Waals surface area contributed by atoms with E-state index >= 15 is 0 Å². The van der Waals surface area contributed by atoms with E-state index in [0.29, 0.717) is 12.5 Å². The summed E-state index contributed by atoms with van der Waals surface area (Å²) in [5.41, 5.74) is 7.01. The molecular formula is C16H29IN6. The molecule has 130 valence electrons. The monoisotopic (exact) mass is 432 g/mol. The van der Waals surface area contributed by atoms with Crippen LogP contribution in [0.3, 0.4) is 0 Å². The van der Waals surface area contributed by atoms with E-state index in [1.54, 1.807) is 0 Å². The Morgan fingerprint density at radius 2 is 2.09 bits per heavy atom. The fourth-order valence-electron chi connectivity index (χ4n) is 2.39. The molecule has 0 aliphatic carbocycles. The topological polar surface area (TPSA) is 69.8 Å². The SMILES string of the molecule is CCCCNC(N)=NCc1ccnc(N2CCN(C)CC2)c1.I. The Kier molecular flexibility index (Phi) is 9.23. The largest absolute Gasteiger partial charge is 0.370 e. The Bertz CT molecular complexity index is 485. The zero-order valence-electron chi connectivity index (χ0n) is 14.2. The first kappa shape index (κ1) is 20.0. The summed E-state index contributed by atoms with van der Waals surface area (Å²) in [7, 11) is 2.16. The normalized spacial score (nSPS) is 16.1. The molecule has 1 aliphatic heterocycles. The van der Waals surface area contributed by atoms with Crippen LogP contribution in [0.2, 0.25) is 0 Å². The number of hydrogen-bond acceptors (Lipinski definition) is 4. The Balaban J connectivity index is 0.00000264. The summed E-state index contributed by atoms with van der Waals surface area (Å²) >= 11 is 0. The molecule has 1 aromatic rings. The molecule has 0 spiro atoms. The molecule has 0 bridgehead atoms. The second-order valence-corrected chi connectivity index (χ2v) is 5.79. The highest BCUT2D eigenvalue weighted by Gasteiger charge is 2.15. The van der Waals surface area contributed by atoms with Crippen LogP contribution >= 0.6 is 24.0 Å². The third-order valence-corrected chi connectivity index (χ3v) is 3.91. The zero-order valence-corrected chi connectivity index (χ0v) is 16.5. The average molecular weight is 432 g/mol. The van der Waals surface area contributed by atoms with Gasteiger partial charge in [0.15, 0.2) is 5.96 Å². The van der Waals surface area contributed by atoms with Crippen molar-refractivity contribution in [1.82, 2.24) is 15.2 Å². The fraction of sp³-hybridized carbons (Fsp3) is 0.625. The summed E-state index contributed by atoms with van der Waals surface area (Å²) in [5.74, 6) is 1.56. The highest BCUT2D eigenvalue weighted by atomic mass is 127. The summed E-state index contributed by atoms with van der Waals surface area (Å²) in [6.07, 6.45) is 4.12. The van der Waals surface area contributed by atoms with Crippen LogP contribution in [-0.2, 0) is 6.54 Å². The standard InChI is InChI=1S/C16H28N6.HI/c1-3-4-6-19-16(17)20-13-14-5-7-18-15(12-14)22-10-8-21(2)9-11-22;/h5,7,12H,3-4,6,8-11,13H2,1-2H3,(H3,17,19,20);1H. The number of likely N-dealkylation sites (N-methyl/N-ethyl adjacent to an activating group) is 1. The summed E-state index contributed by atoms with van der Waals surface area (Å²) in [5, 5.41) is 3.13. The Labute approximate surface area is 156 Å². The van der Waals surface area contributed by atoms with Gasteiger partial charge in [-0.25, -0.2) is 9.98 Å². The third kappa shape index (κ3) is 6.90. The molecule has 7 heteroatoms. The number of pyridine rings is 1. The first-order chi connectivity index (χ1) is 10.7. The van der Waals surface area contributed by atoms with Crippen LogP contribution in [0.1, 0.15) is 25.3 Å².